The van der Waals surface area contributed by atoms with E-state index in [0.717, 1.165) is 24.1 Å². The standard InChI is InChI=1S/C22H21FN6O2/c23-16-5-3-10-24-20(16)29-13-9-18(27-29)26-22(31)28-11-7-14(8-12-28)19-15-4-1-2-6-17(15)25-21(19)30/h1-6,9-10,13-14,19H,7-8,11-12H2,(H,25,30)(H,26,27,31). The average molecular weight is 420 g/mol. The van der Waals surface area contributed by atoms with Crippen molar-refractivity contribution in [2.45, 2.75) is 18.8 Å². The highest BCUT2D eigenvalue weighted by Crippen LogP contribution is 2.41. The molecule has 0 radical (unpaired) electrons. The predicted molar refractivity (Wildman–Crippen MR) is 112 cm³/mol. The molecule has 2 aliphatic rings. The Bertz CT molecular complexity index is 1140. The van der Waals surface area contributed by atoms with E-state index in [2.05, 4.69) is 20.7 Å². The van der Waals surface area contributed by atoms with Gasteiger partial charge < -0.3 is 10.2 Å². The number of benzene rings is 1. The second-order valence-electron chi connectivity index (χ2n) is 7.76. The van der Waals surface area contributed by atoms with Crippen molar-refractivity contribution in [2.75, 3.05) is 23.7 Å². The Morgan fingerprint density at radius 2 is 1.94 bits per heavy atom. The van der Waals surface area contributed by atoms with Crippen molar-refractivity contribution in [3.05, 3.63) is 66.2 Å². The number of halogens is 1. The van der Waals surface area contributed by atoms with Crippen LogP contribution in [0.5, 0.6) is 0 Å². The number of piperidine rings is 1. The third kappa shape index (κ3) is 3.63. The first-order valence-electron chi connectivity index (χ1n) is 10.2. The lowest BCUT2D eigenvalue weighted by atomic mass is 9.81. The van der Waals surface area contributed by atoms with E-state index >= 15 is 0 Å². The molecule has 2 aliphatic heterocycles. The summed E-state index contributed by atoms with van der Waals surface area (Å²) in [5.74, 6) is -0.0379. The van der Waals surface area contributed by atoms with Gasteiger partial charge in [-0.3, -0.25) is 10.1 Å². The van der Waals surface area contributed by atoms with Crippen LogP contribution in [0.2, 0.25) is 0 Å². The van der Waals surface area contributed by atoms with Crippen LogP contribution in [0.25, 0.3) is 5.82 Å². The number of amides is 3. The van der Waals surface area contributed by atoms with E-state index in [1.165, 1.54) is 23.0 Å². The highest BCUT2D eigenvalue weighted by atomic mass is 19.1. The zero-order chi connectivity index (χ0) is 21.4. The Morgan fingerprint density at radius 1 is 1.13 bits per heavy atom. The van der Waals surface area contributed by atoms with Crippen molar-refractivity contribution in [1.82, 2.24) is 19.7 Å². The number of hydrogen-bond acceptors (Lipinski definition) is 4. The molecule has 9 heteroatoms. The molecule has 0 saturated carbocycles. The summed E-state index contributed by atoms with van der Waals surface area (Å²) in [6.45, 7) is 1.11. The van der Waals surface area contributed by atoms with Crippen molar-refractivity contribution >= 4 is 23.4 Å². The number of hydrogen-bond donors (Lipinski definition) is 2. The summed E-state index contributed by atoms with van der Waals surface area (Å²) < 4.78 is 15.2. The van der Waals surface area contributed by atoms with Crippen LogP contribution in [0.4, 0.5) is 20.7 Å². The number of carbonyl (C=O) groups excluding carboxylic acids is 2. The van der Waals surface area contributed by atoms with E-state index in [-0.39, 0.29) is 29.6 Å². The number of para-hydroxylation sites is 1. The molecule has 1 aromatic carbocycles. The minimum Gasteiger partial charge on any atom is -0.325 e. The van der Waals surface area contributed by atoms with E-state index in [1.807, 2.05) is 24.3 Å². The highest BCUT2D eigenvalue weighted by Gasteiger charge is 2.38. The number of pyridine rings is 1. The zero-order valence-corrected chi connectivity index (χ0v) is 16.7. The normalized spacial score (nSPS) is 18.5. The van der Waals surface area contributed by atoms with Gasteiger partial charge in [0.1, 0.15) is 0 Å². The van der Waals surface area contributed by atoms with Gasteiger partial charge in [0, 0.05) is 37.2 Å². The molecule has 1 atom stereocenters. The molecular weight excluding hydrogens is 399 g/mol. The average Bonchev–Trinajstić information content (AvgIpc) is 3.37. The van der Waals surface area contributed by atoms with Gasteiger partial charge in [-0.2, -0.15) is 0 Å². The van der Waals surface area contributed by atoms with Gasteiger partial charge in [0.15, 0.2) is 17.5 Å². The van der Waals surface area contributed by atoms with Crippen LogP contribution >= 0.6 is 0 Å². The predicted octanol–water partition coefficient (Wildman–Crippen LogP) is 3.39. The van der Waals surface area contributed by atoms with Crippen LogP contribution in [-0.2, 0) is 4.79 Å². The molecule has 3 amide bonds. The zero-order valence-electron chi connectivity index (χ0n) is 16.7. The number of carbonyl (C=O) groups is 2. The fourth-order valence-electron chi connectivity index (χ4n) is 4.38. The summed E-state index contributed by atoms with van der Waals surface area (Å²) in [6.07, 6.45) is 4.51. The van der Waals surface area contributed by atoms with Crippen LogP contribution in [0.15, 0.2) is 54.9 Å². The molecule has 1 saturated heterocycles. The quantitative estimate of drug-likeness (QED) is 0.679. The van der Waals surface area contributed by atoms with Crippen molar-refractivity contribution in [2.24, 2.45) is 5.92 Å². The SMILES string of the molecule is O=C1Nc2ccccc2C1C1CCN(C(=O)Nc2ccn(-c3ncccc3F)n2)CC1. The van der Waals surface area contributed by atoms with Crippen LogP contribution in [0, 0.1) is 11.7 Å². The second kappa shape index (κ2) is 7.82. The van der Waals surface area contributed by atoms with Gasteiger partial charge >= 0.3 is 6.03 Å². The molecular formula is C22H21FN6O2. The van der Waals surface area contributed by atoms with E-state index in [9.17, 15) is 14.0 Å². The summed E-state index contributed by atoms with van der Waals surface area (Å²) in [6, 6.07) is 11.9. The molecule has 31 heavy (non-hydrogen) atoms. The van der Waals surface area contributed by atoms with Gasteiger partial charge in [-0.1, -0.05) is 18.2 Å². The van der Waals surface area contributed by atoms with Gasteiger partial charge in [0.2, 0.25) is 5.91 Å². The van der Waals surface area contributed by atoms with E-state index in [0.29, 0.717) is 18.9 Å². The Hall–Kier alpha value is -3.75. The number of rotatable bonds is 3. The number of nitrogens with one attached hydrogen (secondary N) is 2. The van der Waals surface area contributed by atoms with Crippen LogP contribution in [-0.4, -0.2) is 44.7 Å². The van der Waals surface area contributed by atoms with Crippen molar-refractivity contribution in [3.63, 3.8) is 0 Å². The van der Waals surface area contributed by atoms with Crippen LogP contribution in [0.3, 0.4) is 0 Å². The number of anilines is 2. The lowest BCUT2D eigenvalue weighted by Crippen LogP contribution is -2.42. The Kier molecular flexibility index (Phi) is 4.85. The maximum absolute atomic E-state index is 13.9. The molecule has 158 valence electrons. The number of likely N-dealkylation sites (tertiary alicyclic amines) is 1. The molecule has 0 spiro atoms. The molecule has 5 rings (SSSR count). The number of fused-ring (bicyclic) bond motifs is 1. The molecule has 0 bridgehead atoms. The first kappa shape index (κ1) is 19.2. The van der Waals surface area contributed by atoms with Gasteiger partial charge in [0.25, 0.3) is 0 Å². The lowest BCUT2D eigenvalue weighted by molar-refractivity contribution is -0.118. The monoisotopic (exact) mass is 420 g/mol. The minimum atomic E-state index is -0.497. The van der Waals surface area contributed by atoms with Crippen LogP contribution in [0.1, 0.15) is 24.3 Å². The van der Waals surface area contributed by atoms with Crippen LogP contribution < -0.4 is 10.6 Å². The van der Waals surface area contributed by atoms with Gasteiger partial charge in [0.05, 0.1) is 5.92 Å². The maximum atomic E-state index is 13.9. The first-order chi connectivity index (χ1) is 15.1. The molecule has 1 unspecified atom stereocenters. The van der Waals surface area contributed by atoms with Gasteiger partial charge in [-0.25, -0.2) is 18.9 Å². The van der Waals surface area contributed by atoms with Crippen molar-refractivity contribution < 1.29 is 14.0 Å². The van der Waals surface area contributed by atoms with Gasteiger partial charge in [-0.05, 0) is 42.5 Å². The first-order valence-corrected chi connectivity index (χ1v) is 10.2. The van der Waals surface area contributed by atoms with Crippen molar-refractivity contribution in [3.8, 4) is 5.82 Å². The lowest BCUT2D eigenvalue weighted by Gasteiger charge is -2.34. The summed E-state index contributed by atoms with van der Waals surface area (Å²) in [4.78, 5) is 30.8. The van der Waals surface area contributed by atoms with E-state index in [4.69, 9.17) is 0 Å². The molecule has 3 aromatic rings. The maximum Gasteiger partial charge on any atom is 0.323 e. The topological polar surface area (TPSA) is 92.2 Å². The molecule has 2 aromatic heterocycles. The molecule has 8 nitrogen and oxygen atoms in total. The smallest absolute Gasteiger partial charge is 0.323 e. The second-order valence-corrected chi connectivity index (χ2v) is 7.76. The Morgan fingerprint density at radius 3 is 2.74 bits per heavy atom. The van der Waals surface area contributed by atoms with E-state index < -0.39 is 5.82 Å². The third-order valence-corrected chi connectivity index (χ3v) is 5.91. The van der Waals surface area contributed by atoms with Crippen molar-refractivity contribution in [1.29, 1.82) is 0 Å². The highest BCUT2D eigenvalue weighted by molar-refractivity contribution is 6.03. The fraction of sp³-hybridized carbons (Fsp3) is 0.273. The summed E-state index contributed by atoms with van der Waals surface area (Å²) >= 11 is 0. The Balaban J connectivity index is 1.21. The summed E-state index contributed by atoms with van der Waals surface area (Å²) in [7, 11) is 0. The molecule has 0 aliphatic carbocycles. The number of aromatic nitrogens is 3. The largest absolute Gasteiger partial charge is 0.325 e. The number of nitrogens with zero attached hydrogens (tertiary/aromatic N) is 4. The molecule has 4 heterocycles. The Labute approximate surface area is 178 Å². The summed E-state index contributed by atoms with van der Waals surface area (Å²) in [5.41, 5.74) is 1.93. The van der Waals surface area contributed by atoms with Gasteiger partial charge in [-0.15, -0.1) is 5.10 Å². The number of urea groups is 1. The molecule has 2 N–H and O–H groups in total. The minimum absolute atomic E-state index is 0.0383. The summed E-state index contributed by atoms with van der Waals surface area (Å²) in [5, 5.41) is 9.90. The third-order valence-electron chi connectivity index (χ3n) is 5.91. The fourth-order valence-corrected chi connectivity index (χ4v) is 4.38. The molecule has 1 fully saturated rings. The van der Waals surface area contributed by atoms with E-state index in [1.54, 1.807) is 17.2 Å².